The highest BCUT2D eigenvalue weighted by Crippen LogP contribution is 2.07. The average Bonchev–Trinajstić information content (AvgIpc) is 2.38. The molecule has 0 bridgehead atoms. The van der Waals surface area contributed by atoms with Gasteiger partial charge in [-0.05, 0) is 12.1 Å². The van der Waals surface area contributed by atoms with Crippen LogP contribution in [-0.2, 0) is 21.4 Å². The molecule has 0 radical (unpaired) electrons. The smallest absolute Gasteiger partial charge is 0.242 e. The fourth-order valence-electron chi connectivity index (χ4n) is 1.20. The molecule has 0 fully saturated rings. The largest absolute Gasteiger partial charge is 0.359 e. The molecule has 1 rings (SSSR count). The summed E-state index contributed by atoms with van der Waals surface area (Å²) in [4.78, 5) is 14.9. The molecule has 0 atom stereocenters. The fourth-order valence-corrected chi connectivity index (χ4v) is 2.17. The summed E-state index contributed by atoms with van der Waals surface area (Å²) in [6.45, 7) is 0.297. The lowest BCUT2D eigenvalue weighted by Crippen LogP contribution is -2.29. The average molecular weight is 272 g/mol. The van der Waals surface area contributed by atoms with Gasteiger partial charge in [0.1, 0.15) is 4.90 Å². The van der Waals surface area contributed by atoms with Crippen molar-refractivity contribution >= 4 is 15.9 Å². The summed E-state index contributed by atoms with van der Waals surface area (Å²) < 4.78 is 25.9. The van der Waals surface area contributed by atoms with E-state index in [1.54, 1.807) is 6.07 Å². The minimum absolute atomic E-state index is 0.0423. The van der Waals surface area contributed by atoms with Crippen LogP contribution in [0.25, 0.3) is 0 Å². The van der Waals surface area contributed by atoms with E-state index >= 15 is 0 Å². The van der Waals surface area contributed by atoms with Gasteiger partial charge in [0.05, 0.1) is 5.69 Å². The van der Waals surface area contributed by atoms with Crippen LogP contribution in [0.5, 0.6) is 0 Å². The molecule has 0 aliphatic carbocycles. The number of amides is 1. The van der Waals surface area contributed by atoms with Crippen LogP contribution in [-0.4, -0.2) is 32.9 Å². The summed E-state index contributed by atoms with van der Waals surface area (Å²) in [6.07, 6.45) is 1.33. The Morgan fingerprint density at radius 3 is 2.67 bits per heavy atom. The van der Waals surface area contributed by atoms with E-state index in [2.05, 4.69) is 15.0 Å². The van der Waals surface area contributed by atoms with Crippen LogP contribution < -0.4 is 15.8 Å². The van der Waals surface area contributed by atoms with Gasteiger partial charge in [-0.1, -0.05) is 0 Å². The first-order valence-electron chi connectivity index (χ1n) is 5.35. The zero-order chi connectivity index (χ0) is 13.6. The van der Waals surface area contributed by atoms with Crippen LogP contribution >= 0.6 is 0 Å². The molecule has 1 amide bonds. The van der Waals surface area contributed by atoms with E-state index in [9.17, 15) is 13.2 Å². The highest BCUT2D eigenvalue weighted by molar-refractivity contribution is 7.89. The number of nitrogens with zero attached hydrogens (tertiary/aromatic N) is 1. The molecule has 0 saturated heterocycles. The molecule has 0 aromatic carbocycles. The third-order valence-corrected chi connectivity index (χ3v) is 3.69. The van der Waals surface area contributed by atoms with E-state index in [0.29, 0.717) is 5.69 Å². The van der Waals surface area contributed by atoms with Crippen molar-refractivity contribution in [2.75, 3.05) is 13.6 Å². The number of nitrogens with two attached hydrogens (primary N) is 1. The summed E-state index contributed by atoms with van der Waals surface area (Å²) in [5.74, 6) is -0.227. The second-order valence-electron chi connectivity index (χ2n) is 3.51. The van der Waals surface area contributed by atoms with Crippen molar-refractivity contribution < 1.29 is 13.2 Å². The highest BCUT2D eigenvalue weighted by Gasteiger charge is 2.14. The molecule has 1 aromatic heterocycles. The molecule has 0 saturated carbocycles. The van der Waals surface area contributed by atoms with Crippen LogP contribution in [0.15, 0.2) is 23.2 Å². The van der Waals surface area contributed by atoms with E-state index < -0.39 is 10.0 Å². The maximum atomic E-state index is 11.8. The van der Waals surface area contributed by atoms with Gasteiger partial charge in [0.15, 0.2) is 0 Å². The first-order chi connectivity index (χ1) is 8.49. The molecule has 100 valence electrons. The van der Waals surface area contributed by atoms with Crippen molar-refractivity contribution in [3.8, 4) is 0 Å². The van der Waals surface area contributed by atoms with Crippen molar-refractivity contribution in [3.63, 3.8) is 0 Å². The number of sulfonamides is 1. The van der Waals surface area contributed by atoms with Gasteiger partial charge in [0.2, 0.25) is 15.9 Å². The molecule has 0 aliphatic heterocycles. The van der Waals surface area contributed by atoms with Crippen LogP contribution in [0.3, 0.4) is 0 Å². The summed E-state index contributed by atoms with van der Waals surface area (Å²) in [7, 11) is -2.13. The number of nitrogens with one attached hydrogen (secondary N) is 2. The van der Waals surface area contributed by atoms with Crippen molar-refractivity contribution in [3.05, 3.63) is 24.0 Å². The summed E-state index contributed by atoms with van der Waals surface area (Å²) in [5.41, 5.74) is 5.98. The monoisotopic (exact) mass is 272 g/mol. The number of pyridine rings is 1. The number of carbonyl (C=O) groups excluding carboxylic acids is 1. The minimum atomic E-state index is -3.62. The van der Waals surface area contributed by atoms with E-state index in [4.69, 9.17) is 5.73 Å². The van der Waals surface area contributed by atoms with E-state index in [-0.39, 0.29) is 30.3 Å². The molecule has 4 N–H and O–H groups in total. The lowest BCUT2D eigenvalue weighted by atomic mass is 10.4. The predicted octanol–water partition coefficient (Wildman–Crippen LogP) is -1.05. The Morgan fingerprint density at radius 1 is 1.44 bits per heavy atom. The molecular formula is C10H16N4O3S. The van der Waals surface area contributed by atoms with Gasteiger partial charge in [0.25, 0.3) is 0 Å². The Morgan fingerprint density at radius 2 is 2.17 bits per heavy atom. The molecule has 1 heterocycles. The Bertz CT molecular complexity index is 498. The third kappa shape index (κ3) is 4.06. The molecule has 1 aromatic rings. The second kappa shape index (κ2) is 6.43. The van der Waals surface area contributed by atoms with Gasteiger partial charge in [-0.25, -0.2) is 13.1 Å². The Hall–Kier alpha value is -1.51. The normalized spacial score (nSPS) is 11.2. The number of hydrogen-bond acceptors (Lipinski definition) is 5. The standard InChI is InChI=1S/C10H16N4O3S/c1-12-10(15)4-5-14-18(16,17)9-3-2-8(6-11)13-7-9/h2-3,7,14H,4-6,11H2,1H3,(H,12,15). The molecule has 0 aliphatic rings. The molecule has 8 heteroatoms. The van der Waals surface area contributed by atoms with E-state index in [0.717, 1.165) is 0 Å². The van der Waals surface area contributed by atoms with Crippen molar-refractivity contribution in [1.82, 2.24) is 15.0 Å². The van der Waals surface area contributed by atoms with Gasteiger partial charge >= 0.3 is 0 Å². The second-order valence-corrected chi connectivity index (χ2v) is 5.28. The molecule has 7 nitrogen and oxygen atoms in total. The third-order valence-electron chi connectivity index (χ3n) is 2.24. The topological polar surface area (TPSA) is 114 Å². The first-order valence-corrected chi connectivity index (χ1v) is 6.83. The number of rotatable bonds is 6. The zero-order valence-electron chi connectivity index (χ0n) is 10.0. The number of aromatic nitrogens is 1. The Labute approximate surface area is 106 Å². The fraction of sp³-hybridized carbons (Fsp3) is 0.400. The first kappa shape index (κ1) is 14.6. The number of carbonyl (C=O) groups is 1. The van der Waals surface area contributed by atoms with E-state index in [1.165, 1.54) is 19.3 Å². The van der Waals surface area contributed by atoms with Crippen LogP contribution in [0, 0.1) is 0 Å². The summed E-state index contributed by atoms with van der Waals surface area (Å²) >= 11 is 0. The van der Waals surface area contributed by atoms with Gasteiger partial charge in [-0.15, -0.1) is 0 Å². The van der Waals surface area contributed by atoms with Crippen molar-refractivity contribution in [2.45, 2.75) is 17.9 Å². The molecular weight excluding hydrogens is 256 g/mol. The van der Waals surface area contributed by atoms with Gasteiger partial charge in [-0.2, -0.15) is 0 Å². The predicted molar refractivity (Wildman–Crippen MR) is 66.0 cm³/mol. The maximum absolute atomic E-state index is 11.8. The van der Waals surface area contributed by atoms with Crippen molar-refractivity contribution in [1.29, 1.82) is 0 Å². The Kier molecular flexibility index (Phi) is 5.20. The molecule has 18 heavy (non-hydrogen) atoms. The molecule has 0 unspecified atom stereocenters. The van der Waals surface area contributed by atoms with Crippen LogP contribution in [0.2, 0.25) is 0 Å². The summed E-state index contributed by atoms with van der Waals surface area (Å²) in [5, 5.41) is 2.41. The number of hydrogen-bond donors (Lipinski definition) is 3. The maximum Gasteiger partial charge on any atom is 0.242 e. The van der Waals surface area contributed by atoms with Gasteiger partial charge in [0, 0.05) is 32.8 Å². The van der Waals surface area contributed by atoms with Crippen LogP contribution in [0.1, 0.15) is 12.1 Å². The molecule has 0 spiro atoms. The minimum Gasteiger partial charge on any atom is -0.359 e. The summed E-state index contributed by atoms with van der Waals surface area (Å²) in [6, 6.07) is 2.98. The quantitative estimate of drug-likeness (QED) is 0.611. The lowest BCUT2D eigenvalue weighted by molar-refractivity contribution is -0.120. The van der Waals surface area contributed by atoms with Gasteiger partial charge < -0.3 is 11.1 Å². The van der Waals surface area contributed by atoms with Gasteiger partial charge in [-0.3, -0.25) is 9.78 Å². The zero-order valence-corrected chi connectivity index (χ0v) is 10.8. The lowest BCUT2D eigenvalue weighted by Gasteiger charge is -2.06. The Balaban J connectivity index is 2.65. The highest BCUT2D eigenvalue weighted by atomic mass is 32.2. The SMILES string of the molecule is CNC(=O)CCNS(=O)(=O)c1ccc(CN)nc1. The van der Waals surface area contributed by atoms with Crippen LogP contribution in [0.4, 0.5) is 0 Å². The van der Waals surface area contributed by atoms with E-state index in [1.807, 2.05) is 0 Å². The van der Waals surface area contributed by atoms with Crippen molar-refractivity contribution in [2.24, 2.45) is 5.73 Å².